The van der Waals surface area contributed by atoms with Gasteiger partial charge in [-0.05, 0) is 36.8 Å². The van der Waals surface area contributed by atoms with Crippen LogP contribution in [0.4, 0.5) is 0 Å². The maximum absolute atomic E-state index is 4.42. The van der Waals surface area contributed by atoms with Crippen LogP contribution in [0.1, 0.15) is 47.5 Å². The van der Waals surface area contributed by atoms with Crippen LogP contribution in [-0.2, 0) is 0 Å². The summed E-state index contributed by atoms with van der Waals surface area (Å²) >= 11 is 0. The number of nitrogens with zero attached hydrogens (tertiary/aromatic N) is 1. The summed E-state index contributed by atoms with van der Waals surface area (Å²) in [5.41, 5.74) is 4.41. The third kappa shape index (κ3) is 2.57. The number of hydrogen-bond acceptors (Lipinski definition) is 1. The van der Waals surface area contributed by atoms with Crippen LogP contribution in [-0.4, -0.2) is 6.21 Å². The molecule has 0 spiro atoms. The summed E-state index contributed by atoms with van der Waals surface area (Å²) in [7, 11) is 0. The highest BCUT2D eigenvalue weighted by atomic mass is 14.7. The molecule has 0 saturated heterocycles. The molecule has 78 valence electrons. The normalized spacial score (nSPS) is 18.2. The molecule has 1 heteroatoms. The van der Waals surface area contributed by atoms with Crippen molar-refractivity contribution in [2.75, 3.05) is 0 Å². The van der Waals surface area contributed by atoms with Gasteiger partial charge >= 0.3 is 0 Å². The van der Waals surface area contributed by atoms with E-state index in [-0.39, 0.29) is 5.41 Å². The van der Waals surface area contributed by atoms with Gasteiger partial charge in [0.2, 0.25) is 0 Å². The average molecular weight is 191 g/mol. The Bertz CT molecular complexity index is 298. The van der Waals surface area contributed by atoms with Gasteiger partial charge in [0.25, 0.3) is 0 Å². The first-order valence-electron chi connectivity index (χ1n) is 5.37. The highest BCUT2D eigenvalue weighted by Gasteiger charge is 2.19. The molecule has 0 aliphatic carbocycles. The van der Waals surface area contributed by atoms with Crippen molar-refractivity contribution in [3.05, 3.63) is 22.9 Å². The van der Waals surface area contributed by atoms with Crippen LogP contribution >= 0.6 is 0 Å². The molecule has 0 saturated carbocycles. The summed E-state index contributed by atoms with van der Waals surface area (Å²) in [6.07, 6.45) is 6.31. The highest BCUT2D eigenvalue weighted by molar-refractivity contribution is 5.74. The fourth-order valence-corrected chi connectivity index (χ4v) is 1.64. The topological polar surface area (TPSA) is 12.4 Å². The van der Waals surface area contributed by atoms with E-state index in [1.807, 2.05) is 6.21 Å². The van der Waals surface area contributed by atoms with E-state index in [1.165, 1.54) is 16.8 Å². The molecular formula is C13H21N. The minimum Gasteiger partial charge on any atom is -0.262 e. The first-order valence-corrected chi connectivity index (χ1v) is 5.37. The van der Waals surface area contributed by atoms with E-state index in [9.17, 15) is 0 Å². The standard InChI is InChI=1S/C13H21N/c1-6-11-9-12(13(3,4)5)7-8-14-10(11)2/h7-8H,6,9H2,1-5H3. The third-order valence-electron chi connectivity index (χ3n) is 2.85. The molecule has 0 atom stereocenters. The lowest BCUT2D eigenvalue weighted by Gasteiger charge is -2.23. The molecular weight excluding hydrogens is 170 g/mol. The quantitative estimate of drug-likeness (QED) is 0.591. The molecule has 0 amide bonds. The Labute approximate surface area is 87.6 Å². The van der Waals surface area contributed by atoms with Gasteiger partial charge in [-0.1, -0.05) is 33.3 Å². The molecule has 1 aliphatic rings. The van der Waals surface area contributed by atoms with Gasteiger partial charge in [-0.2, -0.15) is 0 Å². The van der Waals surface area contributed by atoms with Gasteiger partial charge in [-0.3, -0.25) is 4.99 Å². The first kappa shape index (κ1) is 11.2. The van der Waals surface area contributed by atoms with E-state index in [4.69, 9.17) is 0 Å². The van der Waals surface area contributed by atoms with Gasteiger partial charge in [-0.15, -0.1) is 0 Å². The van der Waals surface area contributed by atoms with Crippen molar-refractivity contribution in [2.45, 2.75) is 47.5 Å². The predicted molar refractivity (Wildman–Crippen MR) is 63.6 cm³/mol. The molecule has 1 nitrogen and oxygen atoms in total. The summed E-state index contributed by atoms with van der Waals surface area (Å²) in [4.78, 5) is 4.42. The van der Waals surface area contributed by atoms with Gasteiger partial charge in [0.1, 0.15) is 0 Å². The highest BCUT2D eigenvalue weighted by Crippen LogP contribution is 2.33. The molecule has 0 aromatic carbocycles. The molecule has 1 aliphatic heterocycles. The van der Waals surface area contributed by atoms with Crippen molar-refractivity contribution in [2.24, 2.45) is 10.4 Å². The van der Waals surface area contributed by atoms with Crippen LogP contribution in [0.15, 0.2) is 27.9 Å². The summed E-state index contributed by atoms with van der Waals surface area (Å²) in [6.45, 7) is 11.1. The summed E-state index contributed by atoms with van der Waals surface area (Å²) in [5.74, 6) is 0. The minimum absolute atomic E-state index is 0.261. The Morgan fingerprint density at radius 1 is 1.36 bits per heavy atom. The Balaban J connectivity index is 2.98. The second-order valence-corrected chi connectivity index (χ2v) is 4.94. The Morgan fingerprint density at radius 3 is 2.50 bits per heavy atom. The largest absolute Gasteiger partial charge is 0.262 e. The van der Waals surface area contributed by atoms with Gasteiger partial charge in [0.05, 0.1) is 0 Å². The van der Waals surface area contributed by atoms with Gasteiger partial charge in [0, 0.05) is 11.9 Å². The average Bonchev–Trinajstić information content (AvgIpc) is 2.25. The van der Waals surface area contributed by atoms with E-state index in [0.29, 0.717) is 0 Å². The summed E-state index contributed by atoms with van der Waals surface area (Å²) in [6, 6.07) is 0. The third-order valence-corrected chi connectivity index (χ3v) is 2.85. The summed E-state index contributed by atoms with van der Waals surface area (Å²) < 4.78 is 0. The second-order valence-electron chi connectivity index (χ2n) is 4.94. The fraction of sp³-hybridized carbons (Fsp3) is 0.615. The molecule has 0 aromatic rings. The Hall–Kier alpha value is -0.850. The van der Waals surface area contributed by atoms with Crippen LogP contribution in [0.5, 0.6) is 0 Å². The lowest BCUT2D eigenvalue weighted by Crippen LogP contribution is -2.10. The maximum Gasteiger partial charge on any atom is 0.0367 e. The Morgan fingerprint density at radius 2 is 2.00 bits per heavy atom. The molecule has 0 radical (unpaired) electrons. The molecule has 0 unspecified atom stereocenters. The molecule has 0 fully saturated rings. The van der Waals surface area contributed by atoms with E-state index >= 15 is 0 Å². The Kier molecular flexibility index (Phi) is 3.30. The zero-order chi connectivity index (χ0) is 10.8. The van der Waals surface area contributed by atoms with Crippen molar-refractivity contribution in [3.63, 3.8) is 0 Å². The molecule has 14 heavy (non-hydrogen) atoms. The van der Waals surface area contributed by atoms with Crippen LogP contribution in [0, 0.1) is 5.41 Å². The number of hydrogen-bond donors (Lipinski definition) is 0. The molecule has 1 heterocycles. The zero-order valence-corrected chi connectivity index (χ0v) is 10.0. The van der Waals surface area contributed by atoms with E-state index < -0.39 is 0 Å². The predicted octanol–water partition coefficient (Wildman–Crippen LogP) is 4.12. The minimum atomic E-state index is 0.261. The van der Waals surface area contributed by atoms with Crippen LogP contribution in [0.25, 0.3) is 0 Å². The van der Waals surface area contributed by atoms with Crippen molar-refractivity contribution in [1.29, 1.82) is 0 Å². The van der Waals surface area contributed by atoms with Crippen molar-refractivity contribution < 1.29 is 0 Å². The lowest BCUT2D eigenvalue weighted by atomic mass is 9.82. The maximum atomic E-state index is 4.42. The van der Waals surface area contributed by atoms with E-state index in [1.54, 1.807) is 0 Å². The zero-order valence-electron chi connectivity index (χ0n) is 10.0. The SMILES string of the molecule is CCC1=C(C)N=CC=C(C(C)(C)C)C1. The monoisotopic (exact) mass is 191 g/mol. The number of rotatable bonds is 1. The number of allylic oxidation sites excluding steroid dienone is 4. The second kappa shape index (κ2) is 4.12. The first-order chi connectivity index (χ1) is 6.45. The molecule has 0 bridgehead atoms. The molecule has 0 aromatic heterocycles. The molecule has 1 rings (SSSR count). The smallest absolute Gasteiger partial charge is 0.0367 e. The lowest BCUT2D eigenvalue weighted by molar-refractivity contribution is 0.490. The summed E-state index contributed by atoms with van der Waals surface area (Å²) in [5, 5.41) is 0. The van der Waals surface area contributed by atoms with Gasteiger partial charge < -0.3 is 0 Å². The van der Waals surface area contributed by atoms with Crippen LogP contribution < -0.4 is 0 Å². The van der Waals surface area contributed by atoms with Crippen LogP contribution in [0.2, 0.25) is 0 Å². The van der Waals surface area contributed by atoms with E-state index in [0.717, 1.165) is 12.8 Å². The van der Waals surface area contributed by atoms with Crippen molar-refractivity contribution >= 4 is 6.21 Å². The van der Waals surface area contributed by atoms with Gasteiger partial charge in [-0.25, -0.2) is 0 Å². The van der Waals surface area contributed by atoms with Crippen molar-refractivity contribution in [3.8, 4) is 0 Å². The van der Waals surface area contributed by atoms with Crippen LogP contribution in [0.3, 0.4) is 0 Å². The van der Waals surface area contributed by atoms with Gasteiger partial charge in [0.15, 0.2) is 0 Å². The van der Waals surface area contributed by atoms with E-state index in [2.05, 4.69) is 45.7 Å². The number of aliphatic imine (C=N–C) groups is 1. The molecule has 0 N–H and O–H groups in total. The van der Waals surface area contributed by atoms with Crippen molar-refractivity contribution in [1.82, 2.24) is 0 Å². The fourth-order valence-electron chi connectivity index (χ4n) is 1.64.